The highest BCUT2D eigenvalue weighted by Gasteiger charge is 2.47. The molecule has 2 aliphatic rings. The van der Waals surface area contributed by atoms with Crippen LogP contribution in [0.5, 0.6) is 0 Å². The summed E-state index contributed by atoms with van der Waals surface area (Å²) in [6, 6.07) is 8.13. The van der Waals surface area contributed by atoms with Crippen LogP contribution in [-0.2, 0) is 44.6 Å². The zero-order valence-corrected chi connectivity index (χ0v) is 32.8. The summed E-state index contributed by atoms with van der Waals surface area (Å²) in [4.78, 5) is 45.9. The number of hydrogen-bond donors (Lipinski definition) is 5. The van der Waals surface area contributed by atoms with E-state index < -0.39 is 52.9 Å². The molecular weight excluding hydrogens is 735 g/mol. The Bertz CT molecular complexity index is 1840. The van der Waals surface area contributed by atoms with Gasteiger partial charge in [0.25, 0.3) is 0 Å². The molecule has 55 heavy (non-hydrogen) atoms. The Balaban J connectivity index is 1.45. The summed E-state index contributed by atoms with van der Waals surface area (Å²) in [6.45, 7) is 9.71. The van der Waals surface area contributed by atoms with Gasteiger partial charge in [-0.15, -0.1) is 0 Å². The molecule has 1 aromatic heterocycles. The van der Waals surface area contributed by atoms with Crippen molar-refractivity contribution in [1.82, 2.24) is 26.3 Å². The van der Waals surface area contributed by atoms with Gasteiger partial charge < -0.3 is 31.0 Å². The number of rotatable bonds is 15. The molecule has 5 N–H and O–H groups in total. The number of hydrogen-bond acceptors (Lipinski definition) is 5. The zero-order valence-electron chi connectivity index (χ0n) is 32.0. The summed E-state index contributed by atoms with van der Waals surface area (Å²) < 4.78 is 62.2. The van der Waals surface area contributed by atoms with Crippen LogP contribution in [0.2, 0.25) is 0 Å². The van der Waals surface area contributed by atoms with Gasteiger partial charge in [0.05, 0.1) is 28.5 Å². The number of aryl methyl sites for hydroxylation is 1. The molecule has 0 spiro atoms. The monoisotopic (exact) mass is 787 g/mol. The number of para-hydroxylation sites is 1. The molecule has 0 saturated carbocycles. The molecule has 1 fully saturated rings. The van der Waals surface area contributed by atoms with E-state index in [0.717, 1.165) is 38.5 Å². The molecule has 9 nitrogen and oxygen atoms in total. The summed E-state index contributed by atoms with van der Waals surface area (Å²) in [5, 5.41) is 12.6. The number of nitrogens with one attached hydrogen (secondary N) is 5. The largest absolute Gasteiger partial charge is 0.418 e. The van der Waals surface area contributed by atoms with Gasteiger partial charge in [-0.05, 0) is 73.1 Å². The van der Waals surface area contributed by atoms with Gasteiger partial charge in [-0.3, -0.25) is 14.4 Å². The Hall–Kier alpha value is -4.04. The van der Waals surface area contributed by atoms with Gasteiger partial charge in [-0.25, -0.2) is 4.39 Å². The number of carbonyl (C=O) groups is 3. The van der Waals surface area contributed by atoms with Crippen LogP contribution >= 0.6 is 12.2 Å². The Labute approximate surface area is 325 Å². The van der Waals surface area contributed by atoms with Crippen molar-refractivity contribution in [2.24, 2.45) is 17.8 Å². The van der Waals surface area contributed by atoms with Gasteiger partial charge in [0.2, 0.25) is 17.7 Å². The molecule has 5 atom stereocenters. The topological polar surface area (TPSA) is 124 Å². The molecule has 5 rings (SSSR count). The molecule has 1 aliphatic heterocycles. The third-order valence-corrected chi connectivity index (χ3v) is 11.9. The third-order valence-electron chi connectivity index (χ3n) is 11.5. The van der Waals surface area contributed by atoms with E-state index in [1.165, 1.54) is 24.3 Å². The molecule has 2 aromatic carbocycles. The van der Waals surface area contributed by atoms with E-state index in [2.05, 4.69) is 26.3 Å². The molecular formula is C41H53F4N5O4S. The average Bonchev–Trinajstić information content (AvgIpc) is 3.53. The van der Waals surface area contributed by atoms with E-state index in [0.29, 0.717) is 46.9 Å². The van der Waals surface area contributed by atoms with Gasteiger partial charge >= 0.3 is 6.18 Å². The lowest BCUT2D eigenvalue weighted by molar-refractivity contribution is -0.137. The van der Waals surface area contributed by atoms with Gasteiger partial charge in [0.1, 0.15) is 17.4 Å². The van der Waals surface area contributed by atoms with E-state index in [1.807, 2.05) is 20.8 Å². The first-order valence-corrected chi connectivity index (χ1v) is 19.8. The predicted molar refractivity (Wildman–Crippen MR) is 208 cm³/mol. The van der Waals surface area contributed by atoms with Gasteiger partial charge in [-0.2, -0.15) is 13.2 Å². The van der Waals surface area contributed by atoms with Crippen molar-refractivity contribution in [3.05, 3.63) is 70.7 Å². The van der Waals surface area contributed by atoms with Crippen LogP contribution < -0.4 is 21.3 Å². The summed E-state index contributed by atoms with van der Waals surface area (Å²) in [7, 11) is 0. The van der Waals surface area contributed by atoms with Gasteiger partial charge in [0.15, 0.2) is 0 Å². The fourth-order valence-corrected chi connectivity index (χ4v) is 8.04. The van der Waals surface area contributed by atoms with Crippen LogP contribution in [-0.4, -0.2) is 65.1 Å². The lowest BCUT2D eigenvalue weighted by Crippen LogP contribution is -2.67. The van der Waals surface area contributed by atoms with E-state index in [4.69, 9.17) is 17.0 Å². The maximum absolute atomic E-state index is 14.8. The molecule has 0 radical (unpaired) electrons. The lowest BCUT2D eigenvalue weighted by Gasteiger charge is -2.40. The molecule has 2 heterocycles. The number of benzene rings is 2. The SMILES string of the molecule is CCC(C)[C@H](NC(=O)Cc1ccccc1F)C(=O)N[C@]1(C(=O)NC(C(=S)NCCC2CCOCC2)[C@@H](C)CC)CCc2[nH]c3c(C(F)(F)F)cccc3c2C1. The minimum Gasteiger partial charge on any atom is -0.381 e. The minimum atomic E-state index is -4.61. The average molecular weight is 788 g/mol. The maximum atomic E-state index is 14.8. The highest BCUT2D eigenvalue weighted by atomic mass is 32.1. The molecule has 14 heteroatoms. The standard InChI is InChI=1S/C41H53F4N5O4S/c1-5-24(3)34(48-33(51)22-27-10-7-8-13-31(27)42)37(52)50-40(18-14-32-29(23-40)28-11-9-12-30(36(28)47-32)41(43,44)45)39(53)49-35(25(4)6-2)38(55)46-19-15-26-16-20-54-21-17-26/h7-13,24-26,34-35,47H,5-6,14-23H2,1-4H3,(H,46,55)(H,48,51)(H,49,53)(H,50,52)/t24?,25-,34-,35?,40+/m0/s1. The van der Waals surface area contributed by atoms with E-state index >= 15 is 0 Å². The zero-order chi connectivity index (χ0) is 39.9. The second-order valence-corrected chi connectivity index (χ2v) is 15.7. The molecule has 2 unspecified atom stereocenters. The van der Waals surface area contributed by atoms with Crippen LogP contribution in [0.25, 0.3) is 10.9 Å². The smallest absolute Gasteiger partial charge is 0.381 e. The number of ether oxygens (including phenoxy) is 1. The van der Waals surface area contributed by atoms with Crippen molar-refractivity contribution >= 4 is 45.8 Å². The first kappa shape index (κ1) is 42.1. The summed E-state index contributed by atoms with van der Waals surface area (Å²) in [5.74, 6) is -2.22. The van der Waals surface area contributed by atoms with Crippen molar-refractivity contribution in [2.75, 3.05) is 19.8 Å². The number of aromatic nitrogens is 1. The number of H-pyrrole nitrogens is 1. The Morgan fingerprint density at radius 1 is 0.982 bits per heavy atom. The normalized spacial score (nSPS) is 19.8. The minimum absolute atomic E-state index is 0.0688. The molecule has 3 amide bonds. The summed E-state index contributed by atoms with van der Waals surface area (Å²) >= 11 is 5.87. The van der Waals surface area contributed by atoms with Gasteiger partial charge in [0, 0.05) is 37.3 Å². The predicted octanol–water partition coefficient (Wildman–Crippen LogP) is 6.71. The Morgan fingerprint density at radius 3 is 2.35 bits per heavy atom. The van der Waals surface area contributed by atoms with Crippen molar-refractivity contribution < 1.29 is 36.7 Å². The molecule has 0 bridgehead atoms. The fourth-order valence-electron chi connectivity index (χ4n) is 7.65. The van der Waals surface area contributed by atoms with Crippen molar-refractivity contribution in [1.29, 1.82) is 0 Å². The number of alkyl halides is 3. The van der Waals surface area contributed by atoms with Crippen LogP contribution in [0.3, 0.4) is 0 Å². The number of carbonyl (C=O) groups excluding carboxylic acids is 3. The summed E-state index contributed by atoms with van der Waals surface area (Å²) in [6.07, 6.45) is -0.748. The first-order chi connectivity index (χ1) is 26.2. The second kappa shape index (κ2) is 18.3. The lowest BCUT2D eigenvalue weighted by atomic mass is 9.78. The molecule has 1 aliphatic carbocycles. The van der Waals surface area contributed by atoms with Crippen molar-refractivity contribution in [2.45, 2.75) is 109 Å². The molecule has 300 valence electrons. The van der Waals surface area contributed by atoms with E-state index in [-0.39, 0.29) is 48.6 Å². The Morgan fingerprint density at radius 2 is 1.67 bits per heavy atom. The van der Waals surface area contributed by atoms with Crippen LogP contribution in [0.1, 0.15) is 88.6 Å². The maximum Gasteiger partial charge on any atom is 0.418 e. The number of aromatic amines is 1. The van der Waals surface area contributed by atoms with Crippen LogP contribution in [0, 0.1) is 23.6 Å². The number of amides is 3. The van der Waals surface area contributed by atoms with Gasteiger partial charge in [-0.1, -0.05) is 83.1 Å². The highest BCUT2D eigenvalue weighted by Crippen LogP contribution is 2.40. The second-order valence-electron chi connectivity index (χ2n) is 15.2. The van der Waals surface area contributed by atoms with E-state index in [1.54, 1.807) is 19.1 Å². The molecule has 3 aromatic rings. The van der Waals surface area contributed by atoms with Crippen LogP contribution in [0.4, 0.5) is 17.6 Å². The number of fused-ring (bicyclic) bond motifs is 3. The first-order valence-electron chi connectivity index (χ1n) is 19.4. The fraction of sp³-hybridized carbons (Fsp3) is 0.561. The van der Waals surface area contributed by atoms with Crippen molar-refractivity contribution in [3.8, 4) is 0 Å². The van der Waals surface area contributed by atoms with Crippen LogP contribution in [0.15, 0.2) is 42.5 Å². The molecule has 1 saturated heterocycles. The Kier molecular flexibility index (Phi) is 14.0. The number of halogens is 4. The highest BCUT2D eigenvalue weighted by molar-refractivity contribution is 7.80. The summed E-state index contributed by atoms with van der Waals surface area (Å²) in [5.41, 5.74) is -1.27. The number of thiocarbonyl (C=S) groups is 1. The quantitative estimate of drug-likeness (QED) is 0.0863. The van der Waals surface area contributed by atoms with E-state index in [9.17, 15) is 31.9 Å². The van der Waals surface area contributed by atoms with Crippen molar-refractivity contribution in [3.63, 3.8) is 0 Å². The third kappa shape index (κ3) is 10.0.